The summed E-state index contributed by atoms with van der Waals surface area (Å²) in [6.07, 6.45) is 22.3. The second-order valence-corrected chi connectivity index (χ2v) is 14.8. The smallest absolute Gasteiger partial charge is 0.0586 e. The van der Waals surface area contributed by atoms with Crippen LogP contribution in [0.3, 0.4) is 0 Å². The number of rotatable bonds is 5. The third-order valence-corrected chi connectivity index (χ3v) is 11.7. The highest BCUT2D eigenvalue weighted by Gasteiger charge is 2.25. The summed E-state index contributed by atoms with van der Waals surface area (Å²) in [5.74, 6) is 0.971. The van der Waals surface area contributed by atoms with Gasteiger partial charge < -0.3 is 9.13 Å². The minimum atomic E-state index is 0.223. The Kier molecular flexibility index (Phi) is 7.30. The standard InChI is InChI=1S/C49H42N2/c1-33-30-37(35-14-6-3-7-15-35)24-29-45(33)51-47-19-11-9-17-42(47)44-28-23-39(32-49(44)51)38-22-27-43-41-16-8-10-18-46(41)50(48(43)31-38)40-25-20-36(21-26-40)34-12-4-2-5-13-34/h2-4,6-7,9-11,14-15,17-34,45H,5,8,12-13,16H2,1H3. The van der Waals surface area contributed by atoms with Crippen molar-refractivity contribution in [2.45, 2.75) is 51.0 Å². The summed E-state index contributed by atoms with van der Waals surface area (Å²) < 4.78 is 5.09. The van der Waals surface area contributed by atoms with E-state index in [0.717, 1.165) is 19.3 Å². The van der Waals surface area contributed by atoms with Gasteiger partial charge in [-0.25, -0.2) is 0 Å². The van der Waals surface area contributed by atoms with Crippen LogP contribution in [0.1, 0.15) is 67.0 Å². The number of fused-ring (bicyclic) bond motifs is 6. The van der Waals surface area contributed by atoms with Crippen LogP contribution in [0.2, 0.25) is 0 Å². The molecule has 0 N–H and O–H groups in total. The van der Waals surface area contributed by atoms with E-state index in [1.54, 1.807) is 0 Å². The lowest BCUT2D eigenvalue weighted by atomic mass is 9.88. The third-order valence-electron chi connectivity index (χ3n) is 11.7. The molecule has 3 unspecified atom stereocenters. The Morgan fingerprint density at radius 1 is 0.608 bits per heavy atom. The zero-order chi connectivity index (χ0) is 33.9. The average Bonchev–Trinajstić information content (AvgIpc) is 3.71. The number of benzene rings is 5. The number of hydrogen-bond donors (Lipinski definition) is 0. The molecule has 5 aromatic carbocycles. The molecule has 0 radical (unpaired) electrons. The lowest BCUT2D eigenvalue weighted by Gasteiger charge is -2.27. The molecule has 0 saturated carbocycles. The van der Waals surface area contributed by atoms with E-state index in [-0.39, 0.29) is 6.04 Å². The van der Waals surface area contributed by atoms with Gasteiger partial charge in [-0.05, 0) is 114 Å². The molecular weight excluding hydrogens is 617 g/mol. The quantitative estimate of drug-likeness (QED) is 0.163. The summed E-state index contributed by atoms with van der Waals surface area (Å²) in [6.45, 7) is 2.36. The second-order valence-electron chi connectivity index (χ2n) is 14.8. The fourth-order valence-electron chi connectivity index (χ4n) is 9.14. The molecule has 7 aromatic rings. The van der Waals surface area contributed by atoms with Crippen LogP contribution in [0.15, 0.2) is 152 Å². The summed E-state index contributed by atoms with van der Waals surface area (Å²) in [4.78, 5) is 0. The first-order valence-corrected chi connectivity index (χ1v) is 18.8. The van der Waals surface area contributed by atoms with Gasteiger partial charge in [0.05, 0.1) is 17.1 Å². The first-order chi connectivity index (χ1) is 25.2. The van der Waals surface area contributed by atoms with Crippen molar-refractivity contribution in [3.8, 4) is 16.8 Å². The number of hydrogen-bond acceptors (Lipinski definition) is 0. The summed E-state index contributed by atoms with van der Waals surface area (Å²) in [5, 5.41) is 4.00. The Morgan fingerprint density at radius 2 is 1.37 bits per heavy atom. The van der Waals surface area contributed by atoms with Gasteiger partial charge in [-0.2, -0.15) is 0 Å². The van der Waals surface area contributed by atoms with Crippen LogP contribution in [-0.2, 0) is 6.42 Å². The number of para-hydroxylation sites is 1. The third kappa shape index (κ3) is 5.08. The van der Waals surface area contributed by atoms with Crippen molar-refractivity contribution in [3.63, 3.8) is 0 Å². The van der Waals surface area contributed by atoms with Crippen LogP contribution in [0.4, 0.5) is 0 Å². The van der Waals surface area contributed by atoms with E-state index >= 15 is 0 Å². The summed E-state index contributed by atoms with van der Waals surface area (Å²) in [6, 6.07) is 43.6. The molecule has 2 heteroatoms. The van der Waals surface area contributed by atoms with Gasteiger partial charge in [0.2, 0.25) is 0 Å². The Hall–Kier alpha value is -5.60. The van der Waals surface area contributed by atoms with Crippen LogP contribution in [0, 0.1) is 5.92 Å². The highest BCUT2D eigenvalue weighted by molar-refractivity contribution is 6.09. The zero-order valence-electron chi connectivity index (χ0n) is 29.2. The minimum Gasteiger partial charge on any atom is -0.333 e. The van der Waals surface area contributed by atoms with Crippen molar-refractivity contribution in [1.82, 2.24) is 9.13 Å². The summed E-state index contributed by atoms with van der Waals surface area (Å²) in [5.41, 5.74) is 14.5. The first kappa shape index (κ1) is 30.2. The van der Waals surface area contributed by atoms with E-state index in [4.69, 9.17) is 0 Å². The molecule has 0 bridgehead atoms. The average molecular weight is 659 g/mol. The number of allylic oxidation sites excluding steroid dienone is 7. The molecule has 51 heavy (non-hydrogen) atoms. The lowest BCUT2D eigenvalue weighted by molar-refractivity contribution is 0.511. The molecule has 0 saturated heterocycles. The molecule has 2 nitrogen and oxygen atoms in total. The van der Waals surface area contributed by atoms with Crippen molar-refractivity contribution < 1.29 is 0 Å². The maximum atomic E-state index is 2.59. The first-order valence-electron chi connectivity index (χ1n) is 18.8. The van der Waals surface area contributed by atoms with Gasteiger partial charge in [0.15, 0.2) is 0 Å². The van der Waals surface area contributed by atoms with E-state index < -0.39 is 0 Å². The van der Waals surface area contributed by atoms with Crippen molar-refractivity contribution in [2.24, 2.45) is 5.92 Å². The molecule has 0 fully saturated rings. The number of aryl methyl sites for hydroxylation is 1. The Labute approximate surface area is 300 Å². The molecule has 2 heterocycles. The molecule has 10 rings (SSSR count). The van der Waals surface area contributed by atoms with Crippen LogP contribution >= 0.6 is 0 Å². The van der Waals surface area contributed by atoms with E-state index in [0.29, 0.717) is 11.8 Å². The van der Waals surface area contributed by atoms with Crippen molar-refractivity contribution >= 4 is 44.4 Å². The summed E-state index contributed by atoms with van der Waals surface area (Å²) in [7, 11) is 0. The zero-order valence-corrected chi connectivity index (χ0v) is 29.2. The van der Waals surface area contributed by atoms with Crippen LogP contribution in [0.5, 0.6) is 0 Å². The molecule has 3 aliphatic carbocycles. The Bertz CT molecular complexity index is 2570. The molecule has 248 valence electrons. The van der Waals surface area contributed by atoms with Crippen LogP contribution < -0.4 is 0 Å². The van der Waals surface area contributed by atoms with E-state index in [9.17, 15) is 0 Å². The molecule has 0 amide bonds. The lowest BCUT2D eigenvalue weighted by Crippen LogP contribution is -2.16. The second kappa shape index (κ2) is 12.3. The maximum Gasteiger partial charge on any atom is 0.0586 e. The van der Waals surface area contributed by atoms with Gasteiger partial charge in [0, 0.05) is 33.1 Å². The largest absolute Gasteiger partial charge is 0.333 e. The Balaban J connectivity index is 1.09. The van der Waals surface area contributed by atoms with Gasteiger partial charge >= 0.3 is 0 Å². The SMILES string of the molecule is CC1C=C(c2ccccc2)C=CC1n1c2ccccc2c2ccc(-c3ccc4c5c(n(-c6ccc(C7CC=CCC7)cc6)c4c3)C=CCC5)cc21. The van der Waals surface area contributed by atoms with E-state index in [2.05, 4.69) is 174 Å². The molecule has 2 aromatic heterocycles. The predicted octanol–water partition coefficient (Wildman–Crippen LogP) is 13.0. The highest BCUT2D eigenvalue weighted by atomic mass is 15.0. The summed E-state index contributed by atoms with van der Waals surface area (Å²) >= 11 is 0. The minimum absolute atomic E-state index is 0.223. The van der Waals surface area contributed by atoms with Gasteiger partial charge in [-0.3, -0.25) is 0 Å². The maximum absolute atomic E-state index is 2.59. The molecular formula is C49H42N2. The van der Waals surface area contributed by atoms with Crippen molar-refractivity contribution in [3.05, 3.63) is 174 Å². The monoisotopic (exact) mass is 658 g/mol. The van der Waals surface area contributed by atoms with E-state index in [1.165, 1.54) is 90.3 Å². The highest BCUT2D eigenvalue weighted by Crippen LogP contribution is 2.42. The molecule has 3 aliphatic rings. The molecule has 3 atom stereocenters. The number of nitrogens with zero attached hydrogens (tertiary/aromatic N) is 2. The van der Waals surface area contributed by atoms with Crippen LogP contribution in [-0.4, -0.2) is 9.13 Å². The molecule has 0 spiro atoms. The fraction of sp³-hybridized carbons (Fsp3) is 0.184. The van der Waals surface area contributed by atoms with E-state index in [1.807, 2.05) is 0 Å². The van der Waals surface area contributed by atoms with Gasteiger partial charge in [-0.15, -0.1) is 0 Å². The topological polar surface area (TPSA) is 9.86 Å². The number of aromatic nitrogens is 2. The van der Waals surface area contributed by atoms with Crippen molar-refractivity contribution in [1.29, 1.82) is 0 Å². The Morgan fingerprint density at radius 3 is 2.18 bits per heavy atom. The van der Waals surface area contributed by atoms with Crippen LogP contribution in [0.25, 0.3) is 61.2 Å². The van der Waals surface area contributed by atoms with Gasteiger partial charge in [0.1, 0.15) is 0 Å². The van der Waals surface area contributed by atoms with Crippen molar-refractivity contribution in [2.75, 3.05) is 0 Å². The fourth-order valence-corrected chi connectivity index (χ4v) is 9.14. The van der Waals surface area contributed by atoms with Gasteiger partial charge in [-0.1, -0.05) is 128 Å². The molecule has 0 aliphatic heterocycles. The van der Waals surface area contributed by atoms with Gasteiger partial charge in [0.25, 0.3) is 0 Å². The normalized spacial score (nSPS) is 19.9. The predicted molar refractivity (Wildman–Crippen MR) is 217 cm³/mol.